The number of anilines is 1. The molecular formula is C19H24N2O3. The fourth-order valence-electron chi connectivity index (χ4n) is 3.01. The third-order valence-electron chi connectivity index (χ3n) is 4.30. The summed E-state index contributed by atoms with van der Waals surface area (Å²) in [5, 5.41) is 0. The molecule has 5 nitrogen and oxygen atoms in total. The topological polar surface area (TPSA) is 66.6 Å². The van der Waals surface area contributed by atoms with Crippen molar-refractivity contribution in [1.29, 1.82) is 0 Å². The molecule has 2 atom stereocenters. The van der Waals surface area contributed by atoms with Crippen LogP contribution in [0.25, 0.3) is 0 Å². The first-order chi connectivity index (χ1) is 11.8. The molecule has 3 rings (SSSR count). The number of hydrogen-bond donors (Lipinski definition) is 1. The van der Waals surface area contributed by atoms with Gasteiger partial charge in [0.15, 0.2) is 0 Å². The van der Waals surface area contributed by atoms with Crippen molar-refractivity contribution in [2.45, 2.75) is 38.1 Å². The predicted molar refractivity (Wildman–Crippen MR) is 92.9 cm³/mol. The van der Waals surface area contributed by atoms with Gasteiger partial charge in [-0.15, -0.1) is 0 Å². The summed E-state index contributed by atoms with van der Waals surface area (Å²) >= 11 is 0. The molecule has 0 amide bonds. The summed E-state index contributed by atoms with van der Waals surface area (Å²) in [6, 6.07) is 12.1. The van der Waals surface area contributed by atoms with E-state index in [9.17, 15) is 0 Å². The highest BCUT2D eigenvalue weighted by molar-refractivity contribution is 5.54. The molecule has 0 radical (unpaired) electrons. The zero-order valence-corrected chi connectivity index (χ0v) is 14.0. The van der Waals surface area contributed by atoms with Crippen molar-refractivity contribution in [3.8, 4) is 5.88 Å². The Labute approximate surface area is 142 Å². The van der Waals surface area contributed by atoms with Gasteiger partial charge in [-0.3, -0.25) is 0 Å². The monoisotopic (exact) mass is 328 g/mol. The van der Waals surface area contributed by atoms with E-state index in [1.807, 2.05) is 24.3 Å². The number of hydrogen-bond acceptors (Lipinski definition) is 5. The largest absolute Gasteiger partial charge is 0.480 e. The first-order valence-corrected chi connectivity index (χ1v) is 8.30. The van der Waals surface area contributed by atoms with E-state index < -0.39 is 0 Å². The van der Waals surface area contributed by atoms with E-state index in [-0.39, 0.29) is 12.2 Å². The molecule has 1 aliphatic heterocycles. The highest BCUT2D eigenvalue weighted by Crippen LogP contribution is 2.28. The molecule has 1 fully saturated rings. The second-order valence-electron chi connectivity index (χ2n) is 6.06. The van der Waals surface area contributed by atoms with Crippen molar-refractivity contribution in [2.75, 3.05) is 19.5 Å². The number of nitrogens with two attached hydrogens (primary N) is 1. The average Bonchev–Trinajstić information content (AvgIpc) is 3.05. The first kappa shape index (κ1) is 16.7. The van der Waals surface area contributed by atoms with E-state index in [2.05, 4.69) is 17.1 Å². The minimum Gasteiger partial charge on any atom is -0.480 e. The minimum atomic E-state index is 0.156. The SMILES string of the molecule is COc1nccc(C[C@H]2CC[C@@H](COCc3ccccc3)O2)c1N. The molecule has 0 bridgehead atoms. The normalized spacial score (nSPS) is 20.2. The number of methoxy groups -OCH3 is 1. The smallest absolute Gasteiger partial charge is 0.237 e. The second-order valence-corrected chi connectivity index (χ2v) is 6.06. The van der Waals surface area contributed by atoms with Gasteiger partial charge in [0.05, 0.1) is 38.2 Å². The predicted octanol–water partition coefficient (Wildman–Crippen LogP) is 2.98. The lowest BCUT2D eigenvalue weighted by Gasteiger charge is -2.15. The number of nitrogen functional groups attached to an aromatic ring is 1. The lowest BCUT2D eigenvalue weighted by atomic mass is 10.1. The van der Waals surface area contributed by atoms with Gasteiger partial charge in [0.2, 0.25) is 5.88 Å². The minimum absolute atomic E-state index is 0.156. The van der Waals surface area contributed by atoms with E-state index in [4.69, 9.17) is 19.9 Å². The van der Waals surface area contributed by atoms with Crippen LogP contribution in [0.3, 0.4) is 0 Å². The molecule has 2 aromatic rings. The fraction of sp³-hybridized carbons (Fsp3) is 0.421. The van der Waals surface area contributed by atoms with Gasteiger partial charge in [-0.1, -0.05) is 30.3 Å². The maximum absolute atomic E-state index is 6.09. The average molecular weight is 328 g/mol. The number of ether oxygens (including phenoxy) is 3. The summed E-state index contributed by atoms with van der Waals surface area (Å²) in [5.74, 6) is 0.480. The van der Waals surface area contributed by atoms with Crippen LogP contribution in [-0.2, 0) is 22.5 Å². The van der Waals surface area contributed by atoms with Gasteiger partial charge in [0.1, 0.15) is 0 Å². The van der Waals surface area contributed by atoms with Crippen LogP contribution in [0.1, 0.15) is 24.0 Å². The van der Waals surface area contributed by atoms with Crippen LogP contribution in [0.5, 0.6) is 5.88 Å². The highest BCUT2D eigenvalue weighted by atomic mass is 16.5. The Kier molecular flexibility index (Phi) is 5.67. The Morgan fingerprint density at radius 1 is 1.17 bits per heavy atom. The Balaban J connectivity index is 1.46. The van der Waals surface area contributed by atoms with Crippen molar-refractivity contribution in [1.82, 2.24) is 4.98 Å². The zero-order valence-electron chi connectivity index (χ0n) is 14.0. The zero-order chi connectivity index (χ0) is 16.8. The molecule has 1 aromatic carbocycles. The van der Waals surface area contributed by atoms with Gasteiger partial charge in [0.25, 0.3) is 0 Å². The molecule has 1 aliphatic rings. The summed E-state index contributed by atoms with van der Waals surface area (Å²) < 4.78 is 17.0. The van der Waals surface area contributed by atoms with Crippen LogP contribution in [0.15, 0.2) is 42.6 Å². The van der Waals surface area contributed by atoms with Gasteiger partial charge in [-0.2, -0.15) is 0 Å². The van der Waals surface area contributed by atoms with Crippen LogP contribution in [0.2, 0.25) is 0 Å². The molecule has 0 aliphatic carbocycles. The third-order valence-corrected chi connectivity index (χ3v) is 4.30. The molecule has 0 saturated carbocycles. The van der Waals surface area contributed by atoms with E-state index in [1.165, 1.54) is 5.56 Å². The lowest BCUT2D eigenvalue weighted by Crippen LogP contribution is -2.18. The number of pyridine rings is 1. The Bertz CT molecular complexity index is 648. The van der Waals surface area contributed by atoms with E-state index in [1.54, 1.807) is 13.3 Å². The van der Waals surface area contributed by atoms with E-state index in [0.29, 0.717) is 24.8 Å². The second kappa shape index (κ2) is 8.13. The molecule has 1 saturated heterocycles. The van der Waals surface area contributed by atoms with Gasteiger partial charge in [-0.05, 0) is 30.0 Å². The summed E-state index contributed by atoms with van der Waals surface area (Å²) in [6.45, 7) is 1.25. The van der Waals surface area contributed by atoms with Gasteiger partial charge in [-0.25, -0.2) is 4.98 Å². The quantitative estimate of drug-likeness (QED) is 0.846. The molecule has 2 heterocycles. The number of rotatable bonds is 7. The standard InChI is InChI=1S/C19H24N2O3/c1-22-19-18(20)15(9-10-21-19)11-16-7-8-17(24-16)13-23-12-14-5-3-2-4-6-14/h2-6,9-10,16-17H,7-8,11-13,20H2,1H3/t16-,17+/m1/s1. The van der Waals surface area contributed by atoms with Gasteiger partial charge < -0.3 is 19.9 Å². The van der Waals surface area contributed by atoms with Gasteiger partial charge >= 0.3 is 0 Å². The Morgan fingerprint density at radius 3 is 2.75 bits per heavy atom. The summed E-state index contributed by atoms with van der Waals surface area (Å²) in [4.78, 5) is 4.11. The molecule has 2 N–H and O–H groups in total. The molecule has 24 heavy (non-hydrogen) atoms. The first-order valence-electron chi connectivity index (χ1n) is 8.30. The van der Waals surface area contributed by atoms with Crippen molar-refractivity contribution in [2.24, 2.45) is 0 Å². The van der Waals surface area contributed by atoms with Crippen molar-refractivity contribution in [3.05, 3.63) is 53.7 Å². The fourth-order valence-corrected chi connectivity index (χ4v) is 3.01. The number of nitrogens with zero attached hydrogens (tertiary/aromatic N) is 1. The highest BCUT2D eigenvalue weighted by Gasteiger charge is 2.26. The molecular weight excluding hydrogens is 304 g/mol. The van der Waals surface area contributed by atoms with Crippen LogP contribution < -0.4 is 10.5 Å². The molecule has 5 heteroatoms. The Morgan fingerprint density at radius 2 is 1.96 bits per heavy atom. The molecule has 0 unspecified atom stereocenters. The summed E-state index contributed by atoms with van der Waals surface area (Å²) in [5.41, 5.74) is 8.90. The number of benzene rings is 1. The molecule has 1 aromatic heterocycles. The van der Waals surface area contributed by atoms with Crippen LogP contribution in [0, 0.1) is 0 Å². The van der Waals surface area contributed by atoms with Gasteiger partial charge in [0, 0.05) is 12.6 Å². The maximum Gasteiger partial charge on any atom is 0.237 e. The lowest BCUT2D eigenvalue weighted by molar-refractivity contribution is -0.0192. The summed E-state index contributed by atoms with van der Waals surface area (Å²) in [6.07, 6.45) is 4.86. The number of aromatic nitrogens is 1. The third kappa shape index (κ3) is 4.24. The van der Waals surface area contributed by atoms with Crippen molar-refractivity contribution >= 4 is 5.69 Å². The Hall–Kier alpha value is -2.11. The maximum atomic E-state index is 6.09. The van der Waals surface area contributed by atoms with E-state index >= 15 is 0 Å². The molecule has 128 valence electrons. The van der Waals surface area contributed by atoms with Crippen LogP contribution in [-0.4, -0.2) is 30.9 Å². The van der Waals surface area contributed by atoms with Crippen LogP contribution >= 0.6 is 0 Å². The van der Waals surface area contributed by atoms with E-state index in [0.717, 1.165) is 24.8 Å². The molecule has 0 spiro atoms. The van der Waals surface area contributed by atoms with Crippen molar-refractivity contribution in [3.63, 3.8) is 0 Å². The summed E-state index contributed by atoms with van der Waals surface area (Å²) in [7, 11) is 1.58. The van der Waals surface area contributed by atoms with Crippen LogP contribution in [0.4, 0.5) is 5.69 Å². The van der Waals surface area contributed by atoms with Crippen molar-refractivity contribution < 1.29 is 14.2 Å².